The van der Waals surface area contributed by atoms with Crippen LogP contribution in [-0.4, -0.2) is 64.1 Å². The predicted octanol–water partition coefficient (Wildman–Crippen LogP) is 2.90. The van der Waals surface area contributed by atoms with E-state index >= 15 is 0 Å². The summed E-state index contributed by atoms with van der Waals surface area (Å²) < 4.78 is 5.74. The molecular weight excluding hydrogens is 413 g/mol. The summed E-state index contributed by atoms with van der Waals surface area (Å²) in [5.41, 5.74) is 3.13. The molecule has 1 saturated heterocycles. The Morgan fingerprint density at radius 1 is 0.933 bits per heavy atom. The van der Waals surface area contributed by atoms with Crippen LogP contribution in [0.1, 0.15) is 39.2 Å². The predicted molar refractivity (Wildman–Crippen MR) is 118 cm³/mol. The number of carbonyl (C=O) groups excluding carboxylic acids is 4. The Morgan fingerprint density at radius 3 is 2.17 bits per heavy atom. The summed E-state index contributed by atoms with van der Waals surface area (Å²) in [6.45, 7) is 5.53. The molecule has 6 nitrogen and oxygen atoms in total. The van der Waals surface area contributed by atoms with Crippen LogP contribution in [0.15, 0.2) is 46.6 Å². The second-order valence-corrected chi connectivity index (χ2v) is 8.37. The Balaban J connectivity index is 0.00000320. The van der Waals surface area contributed by atoms with Crippen molar-refractivity contribution in [3.8, 4) is 5.75 Å². The van der Waals surface area contributed by atoms with Gasteiger partial charge in [0, 0.05) is 22.3 Å². The molecule has 0 bridgehead atoms. The van der Waals surface area contributed by atoms with Gasteiger partial charge in [0.15, 0.2) is 11.6 Å². The molecule has 8 heteroatoms. The van der Waals surface area contributed by atoms with Crippen molar-refractivity contribution < 1.29 is 23.9 Å². The molecule has 0 saturated carbocycles. The van der Waals surface area contributed by atoms with E-state index in [1.807, 2.05) is 24.3 Å². The van der Waals surface area contributed by atoms with E-state index in [4.69, 9.17) is 4.74 Å². The van der Waals surface area contributed by atoms with Crippen molar-refractivity contribution in [2.24, 2.45) is 0 Å². The topological polar surface area (TPSA) is 89.5 Å². The third-order valence-electron chi connectivity index (χ3n) is 5.26. The van der Waals surface area contributed by atoms with E-state index in [-0.39, 0.29) is 57.5 Å². The van der Waals surface area contributed by atoms with Crippen molar-refractivity contribution in [2.75, 3.05) is 6.61 Å². The standard InChI is InChI=1S/C22H23NO5S.Na.H/c1-12-13(2)20(25)17(14(3)19(12)24)5-4-10-28-16-8-6-15(7-9-16)11-18-21(26)23-22(27)29-18;;/h6-9,18H,4-5,10-11H2,1-3H3,(H,23,26,27);;. The van der Waals surface area contributed by atoms with Crippen LogP contribution < -0.4 is 10.1 Å². The molecule has 0 aromatic heterocycles. The zero-order chi connectivity index (χ0) is 21.1. The van der Waals surface area contributed by atoms with Gasteiger partial charge in [-0.1, -0.05) is 23.9 Å². The molecule has 0 spiro atoms. The zero-order valence-electron chi connectivity index (χ0n) is 16.7. The Bertz CT molecular complexity index is 949. The van der Waals surface area contributed by atoms with Gasteiger partial charge >= 0.3 is 29.6 Å². The first-order valence-electron chi connectivity index (χ1n) is 9.47. The molecule has 2 amide bonds. The molecule has 1 fully saturated rings. The Hall–Kier alpha value is -1.67. The fourth-order valence-corrected chi connectivity index (χ4v) is 4.22. The number of allylic oxidation sites excluding steroid dienone is 4. The van der Waals surface area contributed by atoms with Crippen LogP contribution in [0.3, 0.4) is 0 Å². The summed E-state index contributed by atoms with van der Waals surface area (Å²) in [4.78, 5) is 47.5. The van der Waals surface area contributed by atoms with E-state index in [9.17, 15) is 19.2 Å². The van der Waals surface area contributed by atoms with Crippen LogP contribution in [0.25, 0.3) is 0 Å². The van der Waals surface area contributed by atoms with Crippen molar-refractivity contribution in [2.45, 2.75) is 45.3 Å². The number of imide groups is 1. The Morgan fingerprint density at radius 2 is 1.57 bits per heavy atom. The van der Waals surface area contributed by atoms with Crippen LogP contribution in [0.5, 0.6) is 5.75 Å². The first kappa shape index (κ1) is 24.6. The van der Waals surface area contributed by atoms with Gasteiger partial charge in [0.1, 0.15) is 5.75 Å². The molecule has 1 unspecified atom stereocenters. The number of rotatable bonds is 7. The first-order chi connectivity index (χ1) is 13.8. The molecule has 154 valence electrons. The van der Waals surface area contributed by atoms with Gasteiger partial charge in [0.05, 0.1) is 11.9 Å². The molecule has 1 N–H and O–H groups in total. The number of hydrogen-bond donors (Lipinski definition) is 1. The van der Waals surface area contributed by atoms with Gasteiger partial charge < -0.3 is 4.74 Å². The Kier molecular flexibility index (Phi) is 8.67. The monoisotopic (exact) mass is 437 g/mol. The quantitative estimate of drug-likeness (QED) is 0.401. The fourth-order valence-electron chi connectivity index (χ4n) is 3.36. The molecule has 1 atom stereocenters. The fraction of sp³-hybridized carbons (Fsp3) is 0.364. The molecule has 1 aromatic rings. The van der Waals surface area contributed by atoms with Crippen molar-refractivity contribution in [3.05, 3.63) is 52.1 Å². The maximum atomic E-state index is 12.4. The molecule has 30 heavy (non-hydrogen) atoms. The van der Waals surface area contributed by atoms with E-state index in [0.29, 0.717) is 53.9 Å². The maximum absolute atomic E-state index is 12.4. The molecule has 3 rings (SSSR count). The molecule has 1 aromatic carbocycles. The minimum absolute atomic E-state index is 0. The number of ether oxygens (including phenoxy) is 1. The number of amides is 2. The number of carbonyl (C=O) groups is 4. The van der Waals surface area contributed by atoms with Gasteiger partial charge in [-0.25, -0.2) is 0 Å². The summed E-state index contributed by atoms with van der Waals surface area (Å²) in [6.07, 6.45) is 1.61. The van der Waals surface area contributed by atoms with E-state index in [2.05, 4.69) is 5.32 Å². The third kappa shape index (κ3) is 5.52. The van der Waals surface area contributed by atoms with Gasteiger partial charge in [-0.3, -0.25) is 24.5 Å². The van der Waals surface area contributed by atoms with Gasteiger partial charge in [0.25, 0.3) is 5.24 Å². The average Bonchev–Trinajstić information content (AvgIpc) is 3.02. The van der Waals surface area contributed by atoms with E-state index < -0.39 is 0 Å². The van der Waals surface area contributed by atoms with Crippen LogP contribution >= 0.6 is 11.8 Å². The van der Waals surface area contributed by atoms with E-state index in [1.54, 1.807) is 20.8 Å². The van der Waals surface area contributed by atoms with Crippen molar-refractivity contribution in [3.63, 3.8) is 0 Å². The SMILES string of the molecule is CC1=C(C)C(=O)C(CCCOc2ccc(CC3SC(=O)NC3=O)cc2)=C(C)C1=O.[NaH]. The molecule has 2 aliphatic rings. The molecule has 1 aliphatic carbocycles. The number of hydrogen-bond acceptors (Lipinski definition) is 6. The van der Waals surface area contributed by atoms with Gasteiger partial charge in [0.2, 0.25) is 5.91 Å². The van der Waals surface area contributed by atoms with Crippen molar-refractivity contribution >= 4 is 64.0 Å². The summed E-state index contributed by atoms with van der Waals surface area (Å²) in [7, 11) is 0. The van der Waals surface area contributed by atoms with Crippen LogP contribution in [0.2, 0.25) is 0 Å². The summed E-state index contributed by atoms with van der Waals surface area (Å²) >= 11 is 1.01. The average molecular weight is 437 g/mol. The molecule has 0 radical (unpaired) electrons. The van der Waals surface area contributed by atoms with Gasteiger partial charge in [-0.15, -0.1) is 0 Å². The van der Waals surface area contributed by atoms with E-state index in [1.165, 1.54) is 0 Å². The number of Topliss-reactive ketones (excluding diaryl/α,β-unsaturated/α-hetero) is 2. The molecule has 1 heterocycles. The number of ketones is 2. The van der Waals surface area contributed by atoms with Gasteiger partial charge in [-0.2, -0.15) is 0 Å². The van der Waals surface area contributed by atoms with E-state index in [0.717, 1.165) is 17.3 Å². The third-order valence-corrected chi connectivity index (χ3v) is 6.24. The zero-order valence-corrected chi connectivity index (χ0v) is 17.5. The first-order valence-corrected chi connectivity index (χ1v) is 10.4. The van der Waals surface area contributed by atoms with Crippen LogP contribution in [-0.2, 0) is 20.8 Å². The second-order valence-electron chi connectivity index (χ2n) is 7.20. The number of thioether (sulfide) groups is 1. The molecule has 1 aliphatic heterocycles. The summed E-state index contributed by atoms with van der Waals surface area (Å²) in [6, 6.07) is 7.40. The normalized spacial score (nSPS) is 19.2. The van der Waals surface area contributed by atoms with Crippen LogP contribution in [0.4, 0.5) is 4.79 Å². The van der Waals surface area contributed by atoms with Crippen LogP contribution in [0, 0.1) is 0 Å². The van der Waals surface area contributed by atoms with Crippen molar-refractivity contribution in [1.29, 1.82) is 0 Å². The molecular formula is C22H24NNaO5S. The Labute approximate surface area is 202 Å². The number of benzene rings is 1. The summed E-state index contributed by atoms with van der Waals surface area (Å²) in [5.74, 6) is 0.346. The minimum atomic E-state index is -0.386. The second kappa shape index (κ2) is 10.6. The number of nitrogens with one attached hydrogen (secondary N) is 1. The van der Waals surface area contributed by atoms with Crippen molar-refractivity contribution in [1.82, 2.24) is 5.32 Å². The van der Waals surface area contributed by atoms with Gasteiger partial charge in [-0.05, 0) is 57.7 Å². The summed E-state index contributed by atoms with van der Waals surface area (Å²) in [5, 5.41) is 1.59.